The molecule has 3 aromatic carbocycles. The molecular formula is C52H54F2N10O6. The number of halogens is 2. The molecule has 5 atom stereocenters. The van der Waals surface area contributed by atoms with Gasteiger partial charge < -0.3 is 18.9 Å². The highest BCUT2D eigenvalue weighted by molar-refractivity contribution is 6.00. The SMILES string of the molecule is Cc1cc(-n2nc3c(c2-n2ccn(-c4ccc5c(cnn5C)c4F)c2=O)[C@H](C)N(C(=O)c2cc4cc([C@H]5CCOC(C)(C)C5)ccc4n2[C@@]2(c4noc(=O)[nH]4)C[C@@H]2C)C2(CCCCO2)C3)cc(C)c1F. The molecule has 4 aliphatic rings. The minimum Gasteiger partial charge on any atom is -0.376 e. The van der Waals surface area contributed by atoms with Crippen LogP contribution in [0.3, 0.4) is 0 Å². The Balaban J connectivity index is 1.06. The van der Waals surface area contributed by atoms with E-state index in [4.69, 9.17) is 19.1 Å². The molecule has 70 heavy (non-hydrogen) atoms. The van der Waals surface area contributed by atoms with Gasteiger partial charge in [0.05, 0.1) is 45.8 Å². The molecule has 18 heteroatoms. The summed E-state index contributed by atoms with van der Waals surface area (Å²) in [5, 5.41) is 14.8. The van der Waals surface area contributed by atoms with Crippen LogP contribution >= 0.6 is 0 Å². The number of aromatic nitrogens is 9. The predicted molar refractivity (Wildman–Crippen MR) is 255 cm³/mol. The molecule has 1 amide bonds. The summed E-state index contributed by atoms with van der Waals surface area (Å²) in [4.78, 5) is 48.5. The van der Waals surface area contributed by atoms with Gasteiger partial charge in [0.15, 0.2) is 11.6 Å². The lowest BCUT2D eigenvalue weighted by molar-refractivity contribution is -0.179. The van der Waals surface area contributed by atoms with Crippen molar-refractivity contribution in [2.45, 2.75) is 115 Å². The number of ether oxygens (including phenoxy) is 2. The van der Waals surface area contributed by atoms with Crippen molar-refractivity contribution in [1.82, 2.24) is 48.3 Å². The normalized spacial score (nSPS) is 24.2. The van der Waals surface area contributed by atoms with Gasteiger partial charge in [-0.2, -0.15) is 10.2 Å². The summed E-state index contributed by atoms with van der Waals surface area (Å²) in [5.41, 5.74) is 2.45. The average molecular weight is 953 g/mol. The maximum atomic E-state index is 16.3. The van der Waals surface area contributed by atoms with Crippen molar-refractivity contribution in [2.75, 3.05) is 13.2 Å². The van der Waals surface area contributed by atoms with Crippen molar-refractivity contribution in [2.24, 2.45) is 13.0 Å². The highest BCUT2D eigenvalue weighted by atomic mass is 19.1. The fourth-order valence-electron chi connectivity index (χ4n) is 12.2. The number of imidazole rings is 1. The maximum absolute atomic E-state index is 16.3. The summed E-state index contributed by atoms with van der Waals surface area (Å²) in [7, 11) is 1.72. The van der Waals surface area contributed by atoms with Crippen molar-refractivity contribution >= 4 is 27.7 Å². The Morgan fingerprint density at radius 1 is 0.900 bits per heavy atom. The third-order valence-electron chi connectivity index (χ3n) is 15.7. The summed E-state index contributed by atoms with van der Waals surface area (Å²) < 4.78 is 57.6. The van der Waals surface area contributed by atoms with Crippen molar-refractivity contribution in [3.05, 3.63) is 139 Å². The highest BCUT2D eigenvalue weighted by Gasteiger charge is 2.60. The van der Waals surface area contributed by atoms with E-state index in [1.54, 1.807) is 60.7 Å². The van der Waals surface area contributed by atoms with Crippen molar-refractivity contribution < 1.29 is 27.6 Å². The number of aryl methyl sites for hydroxylation is 3. The lowest BCUT2D eigenvalue weighted by Crippen LogP contribution is -2.60. The molecule has 0 bridgehead atoms. The lowest BCUT2D eigenvalue weighted by Gasteiger charge is -2.51. The van der Waals surface area contributed by atoms with E-state index in [0.29, 0.717) is 77.0 Å². The number of nitrogens with one attached hydrogen (secondary N) is 1. The smallest absolute Gasteiger partial charge is 0.376 e. The second kappa shape index (κ2) is 15.5. The van der Waals surface area contributed by atoms with Crippen LogP contribution in [0.2, 0.25) is 0 Å². The first kappa shape index (κ1) is 44.3. The van der Waals surface area contributed by atoms with Gasteiger partial charge in [-0.25, -0.2) is 23.1 Å². The number of fused-ring (bicyclic) bond motifs is 3. The van der Waals surface area contributed by atoms with Gasteiger partial charge in [-0.15, -0.1) is 0 Å². The van der Waals surface area contributed by atoms with Crippen LogP contribution in [0, 0.1) is 31.4 Å². The third kappa shape index (κ3) is 6.51. The first-order valence-electron chi connectivity index (χ1n) is 24.1. The molecule has 5 aromatic heterocycles. The number of hydrogen-bond donors (Lipinski definition) is 1. The first-order valence-corrected chi connectivity index (χ1v) is 24.1. The molecule has 1 aliphatic carbocycles. The Labute approximate surface area is 400 Å². The van der Waals surface area contributed by atoms with E-state index in [0.717, 1.165) is 42.1 Å². The van der Waals surface area contributed by atoms with Gasteiger partial charge in [-0.1, -0.05) is 18.1 Å². The van der Waals surface area contributed by atoms with E-state index in [2.05, 4.69) is 54.2 Å². The zero-order valence-electron chi connectivity index (χ0n) is 40.2. The summed E-state index contributed by atoms with van der Waals surface area (Å²) in [5.74, 6) is -1.11. The molecule has 1 unspecified atom stereocenters. The molecule has 3 aliphatic heterocycles. The molecule has 0 radical (unpaired) electrons. The molecule has 362 valence electrons. The second-order valence-electron chi connectivity index (χ2n) is 20.6. The molecule has 2 saturated heterocycles. The van der Waals surface area contributed by atoms with Gasteiger partial charge in [-0.3, -0.25) is 28.1 Å². The minimum atomic E-state index is -1.16. The zero-order valence-corrected chi connectivity index (χ0v) is 40.2. The Hall–Kier alpha value is -6.92. The van der Waals surface area contributed by atoms with Gasteiger partial charge in [0, 0.05) is 55.5 Å². The van der Waals surface area contributed by atoms with Crippen LogP contribution in [0.5, 0.6) is 0 Å². The summed E-state index contributed by atoms with van der Waals surface area (Å²) in [6, 6.07) is 14.2. The van der Waals surface area contributed by atoms with Crippen molar-refractivity contribution in [3.8, 4) is 17.2 Å². The van der Waals surface area contributed by atoms with Crippen LogP contribution in [0.4, 0.5) is 8.78 Å². The first-order chi connectivity index (χ1) is 33.5. The van der Waals surface area contributed by atoms with Crippen molar-refractivity contribution in [1.29, 1.82) is 0 Å². The van der Waals surface area contributed by atoms with E-state index in [-0.39, 0.29) is 46.7 Å². The minimum absolute atomic E-state index is 0.0327. The van der Waals surface area contributed by atoms with E-state index in [1.807, 2.05) is 22.5 Å². The fraction of sp³-hybridized carbons (Fsp3) is 0.423. The molecule has 1 spiro atoms. The Bertz CT molecular complexity index is 3560. The molecule has 1 saturated carbocycles. The summed E-state index contributed by atoms with van der Waals surface area (Å²) >= 11 is 0. The second-order valence-corrected chi connectivity index (χ2v) is 20.6. The van der Waals surface area contributed by atoms with Gasteiger partial charge in [-0.05, 0) is 144 Å². The molecular weight excluding hydrogens is 899 g/mol. The molecule has 8 heterocycles. The van der Waals surface area contributed by atoms with Gasteiger partial charge in [0.2, 0.25) is 0 Å². The molecule has 1 N–H and O–H groups in total. The number of H-pyrrole nitrogens is 1. The monoisotopic (exact) mass is 952 g/mol. The molecule has 16 nitrogen and oxygen atoms in total. The predicted octanol–water partition coefficient (Wildman–Crippen LogP) is 8.34. The van der Waals surface area contributed by atoms with E-state index in [9.17, 15) is 9.59 Å². The molecule has 12 rings (SSSR count). The maximum Gasteiger partial charge on any atom is 0.438 e. The standard InChI is InChI=1S/C52H54F2N10O6/c1-28-20-35(21-29(2)43(28)53)64-45(61-17-16-60(49(61)67)40-13-12-39-36(44(40)54)27-55-59(39)7)42-31(4)62(51(26-37(42)57-64)15-8-9-18-69-51)46(65)41-23-34-22-32(33-14-19-68-50(5,6)25-33)10-11-38(34)63(41)52(24-30(52)3)47-56-48(66)70-58-47/h10-13,16-17,20-23,27,30-31,33H,8-9,14-15,18-19,24-26H2,1-7H3,(H,56,58,66)/t30-,31-,33-,51?,52-/m0/s1. The molecule has 8 aromatic rings. The largest absolute Gasteiger partial charge is 0.438 e. The zero-order chi connectivity index (χ0) is 48.8. The van der Waals surface area contributed by atoms with Crippen LogP contribution in [0.25, 0.3) is 39.0 Å². The van der Waals surface area contributed by atoms with Crippen LogP contribution in [-0.2, 0) is 28.5 Å². The average Bonchev–Trinajstić information content (AvgIpc) is 3.96. The van der Waals surface area contributed by atoms with Crippen LogP contribution < -0.4 is 11.4 Å². The van der Waals surface area contributed by atoms with Gasteiger partial charge >= 0.3 is 11.4 Å². The Morgan fingerprint density at radius 2 is 1.66 bits per heavy atom. The number of rotatable bonds is 7. The van der Waals surface area contributed by atoms with Crippen LogP contribution in [-0.4, -0.2) is 78.7 Å². The Morgan fingerprint density at radius 3 is 2.36 bits per heavy atom. The number of benzene rings is 3. The molecule has 3 fully saturated rings. The lowest BCUT2D eigenvalue weighted by atomic mass is 9.83. The number of aromatic amines is 1. The van der Waals surface area contributed by atoms with E-state index >= 15 is 13.6 Å². The summed E-state index contributed by atoms with van der Waals surface area (Å²) in [6.07, 6.45) is 9.06. The Kier molecular flexibility index (Phi) is 9.83. The fourth-order valence-corrected chi connectivity index (χ4v) is 12.2. The van der Waals surface area contributed by atoms with Gasteiger partial charge in [0.1, 0.15) is 28.6 Å². The quantitative estimate of drug-likeness (QED) is 0.165. The third-order valence-corrected chi connectivity index (χ3v) is 15.7. The number of nitrogens with zero attached hydrogens (tertiary/aromatic N) is 9. The summed E-state index contributed by atoms with van der Waals surface area (Å²) in [6.45, 7) is 12.6. The van der Waals surface area contributed by atoms with Crippen molar-refractivity contribution in [3.63, 3.8) is 0 Å². The number of amides is 1. The highest BCUT2D eigenvalue weighted by Crippen LogP contribution is 2.57. The van der Waals surface area contributed by atoms with Crippen LogP contribution in [0.15, 0.2) is 81.2 Å². The topological polar surface area (TPSA) is 165 Å². The number of carbonyl (C=O) groups excluding carboxylic acids is 1. The van der Waals surface area contributed by atoms with E-state index < -0.39 is 34.6 Å². The van der Waals surface area contributed by atoms with Crippen LogP contribution in [0.1, 0.15) is 122 Å². The van der Waals surface area contributed by atoms with Gasteiger partial charge in [0.25, 0.3) is 5.91 Å². The number of hydrogen-bond acceptors (Lipinski definition) is 9. The van der Waals surface area contributed by atoms with E-state index in [1.165, 1.54) is 21.5 Å². The number of carbonyl (C=O) groups is 1.